The highest BCUT2D eigenvalue weighted by Gasteiger charge is 2.28. The smallest absolute Gasteiger partial charge is 0.391 e. The Balaban J connectivity index is 3.87. The Morgan fingerprint density at radius 3 is 1.12 bits per heavy atom. The van der Waals surface area contributed by atoms with Crippen LogP contribution in [-0.4, -0.2) is 73.4 Å². The molecule has 0 saturated carbocycles. The Labute approximate surface area is 374 Å². The van der Waals surface area contributed by atoms with E-state index in [-0.39, 0.29) is 19.1 Å². The second kappa shape index (κ2) is 43.7. The molecular weight excluding hydrogens is 768 g/mol. The van der Waals surface area contributed by atoms with Crippen molar-refractivity contribution >= 4 is 13.7 Å². The van der Waals surface area contributed by atoms with Crippen LogP contribution >= 0.6 is 7.82 Å². The Hall–Kier alpha value is -0.500. The van der Waals surface area contributed by atoms with Crippen molar-refractivity contribution < 1.29 is 32.9 Å². The van der Waals surface area contributed by atoms with Gasteiger partial charge in [0.1, 0.15) is 13.2 Å². The van der Waals surface area contributed by atoms with Gasteiger partial charge in [0.05, 0.1) is 39.9 Å². The molecule has 0 fully saturated rings. The number of rotatable bonds is 49. The van der Waals surface area contributed by atoms with E-state index in [9.17, 15) is 19.4 Å². The lowest BCUT2D eigenvalue weighted by atomic mass is 10.0. The maximum absolute atomic E-state index is 12.8. The van der Waals surface area contributed by atoms with Crippen molar-refractivity contribution in [3.8, 4) is 0 Å². The zero-order valence-corrected chi connectivity index (χ0v) is 41.9. The van der Waals surface area contributed by atoms with E-state index in [0.29, 0.717) is 23.9 Å². The predicted molar refractivity (Wildman–Crippen MR) is 259 cm³/mol. The summed E-state index contributed by atoms with van der Waals surface area (Å²) in [7, 11) is 1.63. The minimum atomic E-state index is -4.30. The molecule has 3 atom stereocenters. The van der Waals surface area contributed by atoms with Crippen LogP contribution in [0.25, 0.3) is 0 Å². The number of aliphatic hydroxyl groups excluding tert-OH is 1. The molecular formula is C51H106N2O6P+. The van der Waals surface area contributed by atoms with Crippen molar-refractivity contribution in [3.63, 3.8) is 0 Å². The third-order valence-electron chi connectivity index (χ3n) is 12.4. The fraction of sp³-hybridized carbons (Fsp3) is 0.980. The number of hydrogen-bond donors (Lipinski definition) is 3. The highest BCUT2D eigenvalue weighted by Crippen LogP contribution is 2.43. The van der Waals surface area contributed by atoms with E-state index in [0.717, 1.165) is 38.5 Å². The summed E-state index contributed by atoms with van der Waals surface area (Å²) in [5.74, 6) is -0.147. The summed E-state index contributed by atoms with van der Waals surface area (Å²) in [5, 5.41) is 13.9. The molecule has 0 aliphatic heterocycles. The summed E-state index contributed by atoms with van der Waals surface area (Å²) in [6.45, 7) is 4.87. The van der Waals surface area contributed by atoms with Crippen LogP contribution in [0.5, 0.6) is 0 Å². The van der Waals surface area contributed by atoms with E-state index < -0.39 is 20.0 Å². The van der Waals surface area contributed by atoms with E-state index in [1.165, 1.54) is 205 Å². The molecule has 3 N–H and O–H groups in total. The molecule has 0 aliphatic carbocycles. The van der Waals surface area contributed by atoms with Crippen LogP contribution in [-0.2, 0) is 18.4 Å². The lowest BCUT2D eigenvalue weighted by Crippen LogP contribution is -2.46. The second-order valence-corrected chi connectivity index (χ2v) is 21.1. The molecule has 0 bridgehead atoms. The Morgan fingerprint density at radius 2 is 0.800 bits per heavy atom. The molecule has 1 amide bonds. The van der Waals surface area contributed by atoms with Crippen molar-refractivity contribution in [3.05, 3.63) is 0 Å². The molecule has 0 aromatic rings. The van der Waals surface area contributed by atoms with Crippen LogP contribution in [0.4, 0.5) is 0 Å². The van der Waals surface area contributed by atoms with Crippen LogP contribution < -0.4 is 5.32 Å². The molecule has 0 aromatic carbocycles. The van der Waals surface area contributed by atoms with Gasteiger partial charge in [-0.1, -0.05) is 251 Å². The van der Waals surface area contributed by atoms with Crippen LogP contribution in [0.3, 0.4) is 0 Å². The normalized spacial score (nSPS) is 14.1. The van der Waals surface area contributed by atoms with E-state index in [2.05, 4.69) is 19.2 Å². The maximum atomic E-state index is 12.8. The monoisotopic (exact) mass is 874 g/mol. The zero-order chi connectivity index (χ0) is 44.3. The number of unbranched alkanes of at least 4 members (excludes halogenated alkanes) is 36. The number of nitrogens with one attached hydrogen (secondary N) is 1. The number of hydrogen-bond acceptors (Lipinski definition) is 5. The van der Waals surface area contributed by atoms with Crippen molar-refractivity contribution in [2.45, 2.75) is 283 Å². The van der Waals surface area contributed by atoms with E-state index in [4.69, 9.17) is 9.05 Å². The number of amides is 1. The fourth-order valence-electron chi connectivity index (χ4n) is 8.17. The van der Waals surface area contributed by atoms with Crippen LogP contribution in [0.2, 0.25) is 0 Å². The zero-order valence-electron chi connectivity index (χ0n) is 41.0. The predicted octanol–water partition coefficient (Wildman–Crippen LogP) is 15.3. The van der Waals surface area contributed by atoms with E-state index in [1.54, 1.807) is 0 Å². The minimum absolute atomic E-state index is 0.0782. The van der Waals surface area contributed by atoms with Crippen molar-refractivity contribution in [2.24, 2.45) is 0 Å². The fourth-order valence-corrected chi connectivity index (χ4v) is 8.90. The number of nitrogens with zero attached hydrogens (tertiary/aromatic N) is 1. The average Bonchev–Trinajstić information content (AvgIpc) is 3.20. The Kier molecular flexibility index (Phi) is 43.4. The first-order valence-corrected chi connectivity index (χ1v) is 27.9. The first kappa shape index (κ1) is 59.5. The first-order chi connectivity index (χ1) is 29.0. The number of carbonyl (C=O) groups is 1. The van der Waals surface area contributed by atoms with Crippen LogP contribution in [0, 0.1) is 0 Å². The quantitative estimate of drug-likeness (QED) is 0.0319. The van der Waals surface area contributed by atoms with Crippen LogP contribution in [0.1, 0.15) is 271 Å². The number of phosphoric ester groups is 1. The highest BCUT2D eigenvalue weighted by atomic mass is 31.2. The van der Waals surface area contributed by atoms with Crippen molar-refractivity contribution in [1.29, 1.82) is 0 Å². The molecule has 360 valence electrons. The minimum Gasteiger partial charge on any atom is -0.391 e. The standard InChI is InChI=1S/C51H105N2O6P/c1-6-8-10-12-14-15-16-17-18-19-20-21-22-23-24-25-26-27-28-29-30-31-32-33-34-35-36-37-39-40-42-44-50(54)49(48-59-60(56,57)58-47-46-53(3,4)5)52-51(55)45-43-41-38-13-11-9-7-2/h49-50,54H,6-48H2,1-5H3,(H-,52,55,56,57)/p+1. The lowest BCUT2D eigenvalue weighted by Gasteiger charge is -2.26. The van der Waals surface area contributed by atoms with Gasteiger partial charge < -0.3 is 19.8 Å². The van der Waals surface area contributed by atoms with Gasteiger partial charge >= 0.3 is 7.82 Å². The van der Waals surface area contributed by atoms with Gasteiger partial charge in [-0.25, -0.2) is 4.57 Å². The number of carbonyl (C=O) groups excluding carboxylic acids is 1. The molecule has 0 saturated heterocycles. The molecule has 0 radical (unpaired) electrons. The number of quaternary nitrogens is 1. The molecule has 0 rings (SSSR count). The van der Waals surface area contributed by atoms with Gasteiger partial charge in [-0.2, -0.15) is 0 Å². The Morgan fingerprint density at radius 1 is 0.500 bits per heavy atom. The number of phosphoric acid groups is 1. The summed E-state index contributed by atoms with van der Waals surface area (Å²) >= 11 is 0. The highest BCUT2D eigenvalue weighted by molar-refractivity contribution is 7.47. The maximum Gasteiger partial charge on any atom is 0.472 e. The molecule has 8 nitrogen and oxygen atoms in total. The third kappa shape index (κ3) is 45.5. The van der Waals surface area contributed by atoms with Gasteiger partial charge in [0.2, 0.25) is 5.91 Å². The summed E-state index contributed by atoms with van der Waals surface area (Å²) in [6, 6.07) is -0.752. The summed E-state index contributed by atoms with van der Waals surface area (Å²) < 4.78 is 23.6. The third-order valence-corrected chi connectivity index (χ3v) is 13.3. The number of likely N-dealkylation sites (N-methyl/N-ethyl adjacent to an activating group) is 1. The van der Waals surface area contributed by atoms with Crippen molar-refractivity contribution in [2.75, 3.05) is 40.9 Å². The molecule has 0 aliphatic rings. The molecule has 0 spiro atoms. The molecule has 3 unspecified atom stereocenters. The van der Waals surface area contributed by atoms with E-state index in [1.807, 2.05) is 21.1 Å². The van der Waals surface area contributed by atoms with Gasteiger partial charge in [-0.15, -0.1) is 0 Å². The van der Waals surface area contributed by atoms with E-state index >= 15 is 0 Å². The van der Waals surface area contributed by atoms with Crippen LogP contribution in [0.15, 0.2) is 0 Å². The SMILES string of the molecule is CCCCCCCCCCCCCCCCCCCCCCCCCCCCCCCCCC(O)C(COP(=O)(O)OCC[N+](C)(C)C)NC(=O)CCCCCCCCC. The Bertz CT molecular complexity index is 947. The van der Waals surface area contributed by atoms with Gasteiger partial charge in [-0.05, 0) is 12.8 Å². The summed E-state index contributed by atoms with van der Waals surface area (Å²) in [6.07, 6.45) is 50.5. The molecule has 0 aromatic heterocycles. The number of aliphatic hydroxyl groups is 1. The molecule has 0 heterocycles. The molecule has 9 heteroatoms. The molecule has 60 heavy (non-hydrogen) atoms. The van der Waals surface area contributed by atoms with Gasteiger partial charge in [0.25, 0.3) is 0 Å². The lowest BCUT2D eigenvalue weighted by molar-refractivity contribution is -0.870. The largest absolute Gasteiger partial charge is 0.472 e. The van der Waals surface area contributed by atoms with Gasteiger partial charge in [0.15, 0.2) is 0 Å². The average molecular weight is 874 g/mol. The summed E-state index contributed by atoms with van der Waals surface area (Å²) in [5.41, 5.74) is 0. The second-order valence-electron chi connectivity index (χ2n) is 19.6. The summed E-state index contributed by atoms with van der Waals surface area (Å²) in [4.78, 5) is 23.0. The van der Waals surface area contributed by atoms with Crippen molar-refractivity contribution in [1.82, 2.24) is 5.32 Å². The first-order valence-electron chi connectivity index (χ1n) is 26.4. The van der Waals surface area contributed by atoms with Gasteiger partial charge in [-0.3, -0.25) is 13.8 Å². The van der Waals surface area contributed by atoms with Gasteiger partial charge in [0, 0.05) is 6.42 Å². The topological polar surface area (TPSA) is 105 Å².